The normalized spacial score (nSPS) is 15.4. The number of hydrogen-bond acceptors (Lipinski definition) is 7. The van der Waals surface area contributed by atoms with Gasteiger partial charge in [-0.3, -0.25) is 15.0 Å². The first-order chi connectivity index (χ1) is 15.9. The van der Waals surface area contributed by atoms with Crippen molar-refractivity contribution in [3.63, 3.8) is 0 Å². The van der Waals surface area contributed by atoms with Crippen LogP contribution in [0.5, 0.6) is 0 Å². The molecular formula is C25H29N5O3. The third kappa shape index (κ3) is 5.53. The van der Waals surface area contributed by atoms with Crippen molar-refractivity contribution in [1.29, 1.82) is 0 Å². The van der Waals surface area contributed by atoms with Gasteiger partial charge in [0.25, 0.3) is 5.69 Å². The molecule has 1 aliphatic rings. The van der Waals surface area contributed by atoms with Crippen LogP contribution in [-0.4, -0.2) is 57.6 Å². The Morgan fingerprint density at radius 1 is 1.00 bits per heavy atom. The molecule has 1 aliphatic heterocycles. The molecule has 3 aromatic rings. The van der Waals surface area contributed by atoms with Gasteiger partial charge in [0, 0.05) is 62.5 Å². The number of aliphatic hydroxyl groups is 1. The molecule has 1 atom stereocenters. The van der Waals surface area contributed by atoms with Gasteiger partial charge in [-0.15, -0.1) is 0 Å². The lowest BCUT2D eigenvalue weighted by Crippen LogP contribution is -2.48. The molecule has 1 fully saturated rings. The maximum Gasteiger partial charge on any atom is 0.269 e. The minimum absolute atomic E-state index is 0.0877. The molecule has 4 rings (SSSR count). The Morgan fingerprint density at radius 2 is 1.67 bits per heavy atom. The minimum Gasteiger partial charge on any atom is -0.387 e. The van der Waals surface area contributed by atoms with Crippen LogP contribution in [0.25, 0.3) is 0 Å². The Labute approximate surface area is 193 Å². The molecule has 2 heterocycles. The van der Waals surface area contributed by atoms with Gasteiger partial charge in [0.05, 0.1) is 11.0 Å². The summed E-state index contributed by atoms with van der Waals surface area (Å²) in [5, 5.41) is 21.5. The summed E-state index contributed by atoms with van der Waals surface area (Å²) in [6, 6.07) is 16.4. The average molecular weight is 448 g/mol. The quantitative estimate of drug-likeness (QED) is 0.438. The maximum atomic E-state index is 11.0. The Bertz CT molecular complexity index is 1100. The van der Waals surface area contributed by atoms with Crippen LogP contribution in [-0.2, 0) is 6.42 Å². The molecule has 0 spiro atoms. The number of hydrogen-bond donors (Lipinski definition) is 1. The second kappa shape index (κ2) is 10.1. The van der Waals surface area contributed by atoms with Crippen LogP contribution in [0, 0.1) is 24.0 Å². The van der Waals surface area contributed by atoms with Crippen LogP contribution >= 0.6 is 0 Å². The van der Waals surface area contributed by atoms with E-state index < -0.39 is 6.10 Å². The molecule has 0 saturated carbocycles. The number of rotatable bonds is 7. The molecule has 2 aromatic carbocycles. The standard InChI is InChI=1S/C25H29N5O3/c1-18-23(16-20-8-10-22(11-9-20)30(32)33)25(27-19(2)26-18)29-14-12-28(13-15-29)17-24(31)21-6-4-3-5-7-21/h3-11,24,31H,12-17H2,1-2H3. The van der Waals surface area contributed by atoms with Gasteiger partial charge in [0.1, 0.15) is 11.6 Å². The first-order valence-electron chi connectivity index (χ1n) is 11.2. The lowest BCUT2D eigenvalue weighted by atomic mass is 10.0. The molecule has 8 nitrogen and oxygen atoms in total. The van der Waals surface area contributed by atoms with Crippen molar-refractivity contribution in [3.8, 4) is 0 Å². The van der Waals surface area contributed by atoms with Gasteiger partial charge in [0.2, 0.25) is 0 Å². The van der Waals surface area contributed by atoms with Crippen molar-refractivity contribution >= 4 is 11.5 Å². The predicted molar refractivity (Wildman–Crippen MR) is 127 cm³/mol. The molecule has 1 N–H and O–H groups in total. The van der Waals surface area contributed by atoms with E-state index >= 15 is 0 Å². The van der Waals surface area contributed by atoms with Crippen molar-refractivity contribution in [2.75, 3.05) is 37.6 Å². The van der Waals surface area contributed by atoms with Crippen LogP contribution in [0.3, 0.4) is 0 Å². The smallest absolute Gasteiger partial charge is 0.269 e. The van der Waals surface area contributed by atoms with Gasteiger partial charge in [0.15, 0.2) is 0 Å². The van der Waals surface area contributed by atoms with Crippen LogP contribution in [0.1, 0.15) is 34.3 Å². The number of anilines is 1. The van der Waals surface area contributed by atoms with Crippen molar-refractivity contribution < 1.29 is 10.0 Å². The van der Waals surface area contributed by atoms with E-state index in [0.29, 0.717) is 13.0 Å². The molecular weight excluding hydrogens is 418 g/mol. The summed E-state index contributed by atoms with van der Waals surface area (Å²) in [7, 11) is 0. The Morgan fingerprint density at radius 3 is 2.30 bits per heavy atom. The summed E-state index contributed by atoms with van der Waals surface area (Å²) in [4.78, 5) is 24.5. The van der Waals surface area contributed by atoms with E-state index in [1.807, 2.05) is 44.2 Å². The summed E-state index contributed by atoms with van der Waals surface area (Å²) in [5.74, 6) is 1.67. The van der Waals surface area contributed by atoms with Crippen LogP contribution in [0.4, 0.5) is 11.5 Å². The fourth-order valence-corrected chi connectivity index (χ4v) is 4.29. The number of aryl methyl sites for hydroxylation is 2. The highest BCUT2D eigenvalue weighted by Crippen LogP contribution is 2.26. The van der Waals surface area contributed by atoms with E-state index in [1.165, 1.54) is 12.1 Å². The maximum absolute atomic E-state index is 11.0. The number of aromatic nitrogens is 2. The van der Waals surface area contributed by atoms with Gasteiger partial charge < -0.3 is 10.0 Å². The zero-order valence-electron chi connectivity index (χ0n) is 19.0. The van der Waals surface area contributed by atoms with E-state index in [9.17, 15) is 15.2 Å². The molecule has 172 valence electrons. The topological polar surface area (TPSA) is 95.6 Å². The van der Waals surface area contributed by atoms with E-state index in [0.717, 1.165) is 60.2 Å². The van der Waals surface area contributed by atoms with E-state index in [-0.39, 0.29) is 10.6 Å². The Kier molecular flexibility index (Phi) is 6.96. The fraction of sp³-hybridized carbons (Fsp3) is 0.360. The number of nitro groups is 1. The number of nitrogens with zero attached hydrogens (tertiary/aromatic N) is 5. The molecule has 0 bridgehead atoms. The molecule has 1 saturated heterocycles. The van der Waals surface area contributed by atoms with Gasteiger partial charge in [-0.25, -0.2) is 9.97 Å². The van der Waals surface area contributed by atoms with Crippen molar-refractivity contribution in [2.45, 2.75) is 26.4 Å². The van der Waals surface area contributed by atoms with Crippen molar-refractivity contribution in [2.24, 2.45) is 0 Å². The van der Waals surface area contributed by atoms with E-state index in [1.54, 1.807) is 12.1 Å². The van der Waals surface area contributed by atoms with Gasteiger partial charge in [-0.05, 0) is 25.0 Å². The summed E-state index contributed by atoms with van der Waals surface area (Å²) >= 11 is 0. The molecule has 0 amide bonds. The molecule has 1 unspecified atom stereocenters. The highest BCUT2D eigenvalue weighted by Gasteiger charge is 2.24. The zero-order valence-corrected chi connectivity index (χ0v) is 19.0. The van der Waals surface area contributed by atoms with Crippen molar-refractivity contribution in [1.82, 2.24) is 14.9 Å². The first-order valence-corrected chi connectivity index (χ1v) is 11.2. The molecule has 1 aromatic heterocycles. The number of nitro benzene ring substituents is 1. The Balaban J connectivity index is 1.46. The first kappa shape index (κ1) is 22.8. The number of aliphatic hydroxyl groups excluding tert-OH is 1. The van der Waals surface area contributed by atoms with Gasteiger partial charge >= 0.3 is 0 Å². The second-order valence-electron chi connectivity index (χ2n) is 8.47. The third-order valence-electron chi connectivity index (χ3n) is 6.12. The monoisotopic (exact) mass is 447 g/mol. The summed E-state index contributed by atoms with van der Waals surface area (Å²) in [6.45, 7) is 7.79. The lowest BCUT2D eigenvalue weighted by molar-refractivity contribution is -0.384. The van der Waals surface area contributed by atoms with E-state index in [4.69, 9.17) is 4.98 Å². The summed E-state index contributed by atoms with van der Waals surface area (Å²) in [5.41, 5.74) is 3.99. The van der Waals surface area contributed by atoms with Crippen LogP contribution in [0.15, 0.2) is 54.6 Å². The molecule has 8 heteroatoms. The zero-order chi connectivity index (χ0) is 23.4. The summed E-state index contributed by atoms with van der Waals surface area (Å²) < 4.78 is 0. The summed E-state index contributed by atoms with van der Waals surface area (Å²) in [6.07, 6.45) is 0.116. The number of benzene rings is 2. The third-order valence-corrected chi connectivity index (χ3v) is 6.12. The van der Waals surface area contributed by atoms with E-state index in [2.05, 4.69) is 14.8 Å². The minimum atomic E-state index is -0.501. The molecule has 0 aliphatic carbocycles. The highest BCUT2D eigenvalue weighted by molar-refractivity contribution is 5.52. The largest absolute Gasteiger partial charge is 0.387 e. The molecule has 33 heavy (non-hydrogen) atoms. The molecule has 0 radical (unpaired) electrons. The van der Waals surface area contributed by atoms with Crippen molar-refractivity contribution in [3.05, 3.63) is 92.9 Å². The SMILES string of the molecule is Cc1nc(C)c(Cc2ccc([N+](=O)[O-])cc2)c(N2CCN(CC(O)c3ccccc3)CC2)n1. The highest BCUT2D eigenvalue weighted by atomic mass is 16.6. The number of piperazine rings is 1. The average Bonchev–Trinajstić information content (AvgIpc) is 2.82. The van der Waals surface area contributed by atoms with Gasteiger partial charge in [-0.1, -0.05) is 42.5 Å². The fourth-order valence-electron chi connectivity index (χ4n) is 4.29. The Hall–Kier alpha value is -3.36. The number of β-amino-alcohol motifs (C(OH)–C–C–N with tert-alkyl or cyclic N) is 1. The van der Waals surface area contributed by atoms with Crippen LogP contribution in [0.2, 0.25) is 0 Å². The predicted octanol–water partition coefficient (Wildman–Crippen LogP) is 3.45. The lowest BCUT2D eigenvalue weighted by Gasteiger charge is -2.37. The van der Waals surface area contributed by atoms with Crippen LogP contribution < -0.4 is 4.90 Å². The second-order valence-corrected chi connectivity index (χ2v) is 8.47. The number of non-ortho nitro benzene ring substituents is 1. The van der Waals surface area contributed by atoms with Gasteiger partial charge in [-0.2, -0.15) is 0 Å².